The fraction of sp³-hybridized carbons (Fsp3) is 0.625. The van der Waals surface area contributed by atoms with E-state index in [2.05, 4.69) is 50.0 Å². The van der Waals surface area contributed by atoms with Crippen LogP contribution in [0.25, 0.3) is 0 Å². The van der Waals surface area contributed by atoms with Crippen molar-refractivity contribution >= 4 is 21.6 Å². The molecule has 2 fully saturated rings. The van der Waals surface area contributed by atoms with Crippen LogP contribution < -0.4 is 4.90 Å². The summed E-state index contributed by atoms with van der Waals surface area (Å²) >= 11 is 3.49. The number of aliphatic hydroxyl groups is 1. The zero-order valence-corrected chi connectivity index (χ0v) is 13.4. The molecule has 1 aromatic carbocycles. The molecule has 0 amide bonds. The Morgan fingerprint density at radius 3 is 2.35 bits per heavy atom. The number of likely N-dealkylation sites (tertiary alicyclic amines) is 1. The van der Waals surface area contributed by atoms with Crippen LogP contribution in [0.5, 0.6) is 0 Å². The molecule has 0 spiro atoms. The number of hydrogen-bond acceptors (Lipinski definition) is 3. The Hall–Kier alpha value is -0.580. The molecule has 0 bridgehead atoms. The van der Waals surface area contributed by atoms with Gasteiger partial charge in [-0.1, -0.05) is 15.9 Å². The minimum Gasteiger partial charge on any atom is -0.396 e. The van der Waals surface area contributed by atoms with Gasteiger partial charge in [0.1, 0.15) is 0 Å². The number of aliphatic hydroxyl groups excluding tert-OH is 1. The molecule has 2 aliphatic rings. The van der Waals surface area contributed by atoms with Gasteiger partial charge in [0, 0.05) is 42.4 Å². The molecule has 3 rings (SSSR count). The number of benzene rings is 1. The quantitative estimate of drug-likeness (QED) is 0.917. The summed E-state index contributed by atoms with van der Waals surface area (Å²) in [6, 6.07) is 9.35. The molecule has 0 aliphatic carbocycles. The van der Waals surface area contributed by atoms with Crippen molar-refractivity contribution in [2.75, 3.05) is 37.7 Å². The molecule has 0 saturated carbocycles. The molecule has 0 aromatic heterocycles. The molecule has 1 atom stereocenters. The van der Waals surface area contributed by atoms with Crippen LogP contribution in [-0.2, 0) is 0 Å². The van der Waals surface area contributed by atoms with Crippen molar-refractivity contribution < 1.29 is 5.11 Å². The lowest BCUT2D eigenvalue weighted by Gasteiger charge is -2.38. The monoisotopic (exact) mass is 338 g/mol. The van der Waals surface area contributed by atoms with Crippen molar-refractivity contribution in [2.45, 2.75) is 25.3 Å². The summed E-state index contributed by atoms with van der Waals surface area (Å²) in [7, 11) is 0. The Kier molecular flexibility index (Phi) is 4.64. The van der Waals surface area contributed by atoms with Crippen molar-refractivity contribution in [3.63, 3.8) is 0 Å². The van der Waals surface area contributed by atoms with Crippen molar-refractivity contribution in [1.82, 2.24) is 4.90 Å². The van der Waals surface area contributed by atoms with Crippen LogP contribution in [0.4, 0.5) is 5.69 Å². The highest BCUT2D eigenvalue weighted by atomic mass is 79.9. The molecule has 1 aromatic rings. The summed E-state index contributed by atoms with van der Waals surface area (Å²) in [5.74, 6) is 0.513. The second kappa shape index (κ2) is 6.46. The highest BCUT2D eigenvalue weighted by molar-refractivity contribution is 9.10. The molecule has 1 N–H and O–H groups in total. The highest BCUT2D eigenvalue weighted by Crippen LogP contribution is 2.27. The van der Waals surface area contributed by atoms with Crippen LogP contribution in [0, 0.1) is 5.92 Å². The van der Waals surface area contributed by atoms with Crippen LogP contribution in [0.1, 0.15) is 19.3 Å². The third kappa shape index (κ3) is 3.18. The molecular weight excluding hydrogens is 316 g/mol. The third-order valence-electron chi connectivity index (χ3n) is 4.75. The molecule has 0 radical (unpaired) electrons. The summed E-state index contributed by atoms with van der Waals surface area (Å²) in [6.45, 7) is 4.92. The van der Waals surface area contributed by atoms with Gasteiger partial charge in [0.05, 0.1) is 0 Å². The van der Waals surface area contributed by atoms with E-state index in [1.165, 1.54) is 31.5 Å². The van der Waals surface area contributed by atoms with Gasteiger partial charge in [-0.15, -0.1) is 0 Å². The van der Waals surface area contributed by atoms with Crippen molar-refractivity contribution in [1.29, 1.82) is 0 Å². The number of nitrogens with zero attached hydrogens (tertiary/aromatic N) is 2. The minimum atomic E-state index is 0.355. The lowest BCUT2D eigenvalue weighted by molar-refractivity contribution is 0.180. The molecule has 110 valence electrons. The summed E-state index contributed by atoms with van der Waals surface area (Å²) in [6.07, 6.45) is 3.66. The fourth-order valence-corrected chi connectivity index (χ4v) is 3.75. The fourth-order valence-electron chi connectivity index (χ4n) is 3.48. The Bertz CT molecular complexity index is 429. The first kappa shape index (κ1) is 14.4. The van der Waals surface area contributed by atoms with E-state index in [-0.39, 0.29) is 0 Å². The van der Waals surface area contributed by atoms with Gasteiger partial charge in [0.25, 0.3) is 0 Å². The first-order chi connectivity index (χ1) is 9.76. The maximum atomic E-state index is 9.26. The molecule has 2 aliphatic heterocycles. The average Bonchev–Trinajstić information content (AvgIpc) is 2.97. The first-order valence-electron chi connectivity index (χ1n) is 7.61. The molecular formula is C16H23BrN2O. The zero-order valence-electron chi connectivity index (χ0n) is 11.8. The van der Waals surface area contributed by atoms with Gasteiger partial charge in [-0.25, -0.2) is 0 Å². The van der Waals surface area contributed by atoms with E-state index in [1.807, 2.05) is 0 Å². The number of rotatable bonds is 3. The molecule has 1 unspecified atom stereocenters. The van der Waals surface area contributed by atoms with E-state index in [4.69, 9.17) is 0 Å². The molecule has 2 saturated heterocycles. The van der Waals surface area contributed by atoms with Crippen molar-refractivity contribution in [3.05, 3.63) is 28.7 Å². The Labute approximate surface area is 129 Å². The van der Waals surface area contributed by atoms with Crippen LogP contribution in [-0.4, -0.2) is 48.8 Å². The van der Waals surface area contributed by atoms with E-state index < -0.39 is 0 Å². The third-order valence-corrected chi connectivity index (χ3v) is 5.28. The second-order valence-electron chi connectivity index (χ2n) is 6.03. The van der Waals surface area contributed by atoms with Gasteiger partial charge in [0.15, 0.2) is 0 Å². The van der Waals surface area contributed by atoms with Crippen molar-refractivity contribution in [2.24, 2.45) is 5.92 Å². The first-order valence-corrected chi connectivity index (χ1v) is 8.41. The van der Waals surface area contributed by atoms with Crippen LogP contribution in [0.15, 0.2) is 28.7 Å². The van der Waals surface area contributed by atoms with Gasteiger partial charge < -0.3 is 10.0 Å². The molecule has 4 heteroatoms. The zero-order chi connectivity index (χ0) is 13.9. The Morgan fingerprint density at radius 1 is 1.05 bits per heavy atom. The smallest absolute Gasteiger partial charge is 0.0471 e. The highest BCUT2D eigenvalue weighted by Gasteiger charge is 2.30. The summed E-state index contributed by atoms with van der Waals surface area (Å²) in [4.78, 5) is 5.09. The van der Waals surface area contributed by atoms with E-state index >= 15 is 0 Å². The summed E-state index contributed by atoms with van der Waals surface area (Å²) in [5.41, 5.74) is 1.33. The van der Waals surface area contributed by atoms with E-state index in [9.17, 15) is 5.11 Å². The van der Waals surface area contributed by atoms with Gasteiger partial charge in [-0.3, -0.25) is 4.90 Å². The van der Waals surface area contributed by atoms with Crippen LogP contribution in [0.3, 0.4) is 0 Å². The van der Waals surface area contributed by atoms with E-state index in [1.54, 1.807) is 0 Å². The molecule has 3 nitrogen and oxygen atoms in total. The van der Waals surface area contributed by atoms with Crippen LogP contribution >= 0.6 is 15.9 Å². The summed E-state index contributed by atoms with van der Waals surface area (Å²) in [5, 5.41) is 9.26. The van der Waals surface area contributed by atoms with Gasteiger partial charge in [0.2, 0.25) is 0 Å². The lowest BCUT2D eigenvalue weighted by Crippen LogP contribution is -2.44. The van der Waals surface area contributed by atoms with Crippen LogP contribution in [0.2, 0.25) is 0 Å². The Balaban J connectivity index is 1.53. The Morgan fingerprint density at radius 2 is 1.75 bits per heavy atom. The SMILES string of the molecule is OCC1CCN(C2CCN(c3ccc(Br)cc3)CC2)C1. The largest absolute Gasteiger partial charge is 0.396 e. The number of anilines is 1. The van der Waals surface area contributed by atoms with Gasteiger partial charge in [-0.2, -0.15) is 0 Å². The predicted molar refractivity (Wildman–Crippen MR) is 86.1 cm³/mol. The van der Waals surface area contributed by atoms with E-state index in [0.29, 0.717) is 12.5 Å². The predicted octanol–water partition coefficient (Wildman–Crippen LogP) is 2.73. The van der Waals surface area contributed by atoms with E-state index in [0.717, 1.165) is 30.1 Å². The second-order valence-corrected chi connectivity index (χ2v) is 6.94. The maximum absolute atomic E-state index is 9.26. The minimum absolute atomic E-state index is 0.355. The topological polar surface area (TPSA) is 26.7 Å². The number of piperidine rings is 1. The number of hydrogen-bond donors (Lipinski definition) is 1. The average molecular weight is 339 g/mol. The van der Waals surface area contributed by atoms with Gasteiger partial charge >= 0.3 is 0 Å². The number of halogens is 1. The lowest BCUT2D eigenvalue weighted by atomic mass is 10.0. The van der Waals surface area contributed by atoms with Crippen molar-refractivity contribution in [3.8, 4) is 0 Å². The van der Waals surface area contributed by atoms with Gasteiger partial charge in [-0.05, 0) is 56.0 Å². The normalized spacial score (nSPS) is 25.3. The standard InChI is InChI=1S/C16H23BrN2O/c17-14-1-3-15(4-2-14)18-9-6-16(7-10-18)19-8-5-13(11-19)12-20/h1-4,13,16,20H,5-12H2. The maximum Gasteiger partial charge on any atom is 0.0471 e. The molecule has 2 heterocycles. The summed E-state index contributed by atoms with van der Waals surface area (Å²) < 4.78 is 1.14. The molecule has 20 heavy (non-hydrogen) atoms.